The number of amides is 1. The molecule has 112 valence electrons. The molecule has 0 heterocycles. The first-order valence-corrected chi connectivity index (χ1v) is 6.59. The number of esters is 1. The Kier molecular flexibility index (Phi) is 7.37. The second-order valence-corrected chi connectivity index (χ2v) is 5.30. The van der Waals surface area contributed by atoms with Crippen molar-refractivity contribution in [3.05, 3.63) is 0 Å². The first-order chi connectivity index (χ1) is 8.42. The molecule has 1 amide bonds. The zero-order valence-corrected chi connectivity index (χ0v) is 12.7. The van der Waals surface area contributed by atoms with E-state index in [1.165, 1.54) is 7.11 Å². The Morgan fingerprint density at radius 1 is 1.47 bits per heavy atom. The van der Waals surface area contributed by atoms with Crippen LogP contribution in [0.15, 0.2) is 0 Å². The molecule has 0 radical (unpaired) electrons. The second-order valence-electron chi connectivity index (χ2n) is 5.30. The number of carbonyl (C=O) groups excluding carboxylic acids is 2. The minimum atomic E-state index is -0.569. The van der Waals surface area contributed by atoms with Gasteiger partial charge in [-0.3, -0.25) is 4.79 Å². The average molecular weight is 293 g/mol. The van der Waals surface area contributed by atoms with Crippen LogP contribution < -0.4 is 11.1 Å². The van der Waals surface area contributed by atoms with E-state index in [-0.39, 0.29) is 24.2 Å². The highest BCUT2D eigenvalue weighted by molar-refractivity contribution is 5.86. The Hall–Kier alpha value is -0.810. The largest absolute Gasteiger partial charge is 0.467 e. The van der Waals surface area contributed by atoms with Crippen LogP contribution in [0.2, 0.25) is 0 Å². The molecular formula is C13H25ClN2O3. The van der Waals surface area contributed by atoms with Crippen LogP contribution in [0.25, 0.3) is 0 Å². The summed E-state index contributed by atoms with van der Waals surface area (Å²) in [5, 5.41) is 2.75. The van der Waals surface area contributed by atoms with Crippen molar-refractivity contribution in [2.45, 2.75) is 57.5 Å². The Bertz CT molecular complexity index is 321. The first kappa shape index (κ1) is 18.2. The van der Waals surface area contributed by atoms with Crippen LogP contribution in [-0.2, 0) is 14.3 Å². The van der Waals surface area contributed by atoms with Crippen molar-refractivity contribution in [1.82, 2.24) is 5.32 Å². The van der Waals surface area contributed by atoms with Crippen molar-refractivity contribution in [2.24, 2.45) is 11.7 Å². The van der Waals surface area contributed by atoms with Gasteiger partial charge in [-0.15, -0.1) is 12.4 Å². The molecule has 1 aliphatic carbocycles. The smallest absolute Gasteiger partial charge is 0.328 e. The molecule has 1 saturated carbocycles. The summed E-state index contributed by atoms with van der Waals surface area (Å²) in [6.07, 6.45) is 4.23. The monoisotopic (exact) mass is 292 g/mol. The minimum absolute atomic E-state index is 0. The van der Waals surface area contributed by atoms with Crippen molar-refractivity contribution < 1.29 is 14.3 Å². The van der Waals surface area contributed by atoms with Gasteiger partial charge in [0.15, 0.2) is 0 Å². The molecule has 0 aromatic heterocycles. The number of hydrogen-bond donors (Lipinski definition) is 2. The molecule has 6 heteroatoms. The zero-order valence-electron chi connectivity index (χ0n) is 11.9. The van der Waals surface area contributed by atoms with Gasteiger partial charge in [-0.1, -0.05) is 19.8 Å². The molecule has 0 saturated heterocycles. The quantitative estimate of drug-likeness (QED) is 0.767. The number of hydrogen-bond acceptors (Lipinski definition) is 4. The zero-order chi connectivity index (χ0) is 13.8. The molecule has 0 bridgehead atoms. The Balaban J connectivity index is 0.00000324. The summed E-state index contributed by atoms with van der Waals surface area (Å²) in [7, 11) is 1.32. The molecule has 3 atom stereocenters. The van der Waals surface area contributed by atoms with Crippen molar-refractivity contribution in [2.75, 3.05) is 7.11 Å². The van der Waals surface area contributed by atoms with Crippen molar-refractivity contribution in [3.8, 4) is 0 Å². The van der Waals surface area contributed by atoms with Gasteiger partial charge in [0, 0.05) is 5.54 Å². The van der Waals surface area contributed by atoms with E-state index in [4.69, 9.17) is 5.73 Å². The fourth-order valence-corrected chi connectivity index (χ4v) is 2.53. The fraction of sp³-hybridized carbons (Fsp3) is 0.846. The van der Waals surface area contributed by atoms with Gasteiger partial charge in [0.1, 0.15) is 6.04 Å². The van der Waals surface area contributed by atoms with E-state index < -0.39 is 17.6 Å². The highest BCUT2D eigenvalue weighted by Crippen LogP contribution is 2.31. The van der Waals surface area contributed by atoms with Crippen molar-refractivity contribution >= 4 is 24.3 Å². The molecule has 1 aliphatic rings. The maximum atomic E-state index is 12.2. The number of nitrogens with one attached hydrogen (secondary N) is 1. The third-order valence-electron chi connectivity index (χ3n) is 3.78. The lowest BCUT2D eigenvalue weighted by atomic mass is 9.74. The van der Waals surface area contributed by atoms with Gasteiger partial charge in [-0.05, 0) is 26.2 Å². The third kappa shape index (κ3) is 4.66. The van der Waals surface area contributed by atoms with Crippen LogP contribution in [0, 0.1) is 5.92 Å². The predicted molar refractivity (Wildman–Crippen MR) is 76.0 cm³/mol. The lowest BCUT2D eigenvalue weighted by molar-refractivity contribution is -0.146. The van der Waals surface area contributed by atoms with Crippen LogP contribution in [-0.4, -0.2) is 30.6 Å². The molecule has 0 aromatic carbocycles. The first-order valence-electron chi connectivity index (χ1n) is 6.59. The number of carbonyl (C=O) groups is 2. The highest BCUT2D eigenvalue weighted by atomic mass is 35.5. The highest BCUT2D eigenvalue weighted by Gasteiger charge is 2.38. The van der Waals surface area contributed by atoms with Gasteiger partial charge in [0.25, 0.3) is 0 Å². The van der Waals surface area contributed by atoms with Gasteiger partial charge in [-0.2, -0.15) is 0 Å². The summed E-state index contributed by atoms with van der Waals surface area (Å²) in [4.78, 5) is 23.7. The molecule has 1 rings (SSSR count). The number of rotatable bonds is 4. The average Bonchev–Trinajstić information content (AvgIpc) is 2.34. The summed E-state index contributed by atoms with van der Waals surface area (Å²) in [6, 6.07) is -0.569. The summed E-state index contributed by atoms with van der Waals surface area (Å²) >= 11 is 0. The number of halogens is 1. The number of methoxy groups -OCH3 is 1. The van der Waals surface area contributed by atoms with Crippen LogP contribution in [0.3, 0.4) is 0 Å². The molecule has 5 nitrogen and oxygen atoms in total. The van der Waals surface area contributed by atoms with Gasteiger partial charge in [0.05, 0.1) is 13.0 Å². The van der Waals surface area contributed by atoms with Gasteiger partial charge in [-0.25, -0.2) is 4.79 Å². The molecule has 0 aromatic rings. The van der Waals surface area contributed by atoms with E-state index in [2.05, 4.69) is 10.1 Å². The topological polar surface area (TPSA) is 81.4 Å². The van der Waals surface area contributed by atoms with Gasteiger partial charge >= 0.3 is 5.97 Å². The van der Waals surface area contributed by atoms with E-state index in [9.17, 15) is 9.59 Å². The maximum Gasteiger partial charge on any atom is 0.328 e. The second kappa shape index (κ2) is 7.70. The SMILES string of the molecule is CCC(NC(=O)C1CCCCC1(C)N)C(=O)OC.Cl. The predicted octanol–water partition coefficient (Wildman–Crippen LogP) is 1.38. The Morgan fingerprint density at radius 2 is 2.11 bits per heavy atom. The maximum absolute atomic E-state index is 12.2. The van der Waals surface area contributed by atoms with E-state index >= 15 is 0 Å². The summed E-state index contributed by atoms with van der Waals surface area (Å²) < 4.78 is 4.66. The van der Waals surface area contributed by atoms with Crippen LogP contribution >= 0.6 is 12.4 Å². The van der Waals surface area contributed by atoms with Gasteiger partial charge < -0.3 is 15.8 Å². The lowest BCUT2D eigenvalue weighted by Crippen LogP contribution is -2.55. The summed E-state index contributed by atoms with van der Waals surface area (Å²) in [5.41, 5.74) is 5.70. The molecule has 3 N–H and O–H groups in total. The molecule has 0 spiro atoms. The Morgan fingerprint density at radius 3 is 2.58 bits per heavy atom. The van der Waals surface area contributed by atoms with E-state index in [1.54, 1.807) is 0 Å². The van der Waals surface area contributed by atoms with E-state index in [1.807, 2.05) is 13.8 Å². The van der Waals surface area contributed by atoms with Crippen LogP contribution in [0.1, 0.15) is 46.0 Å². The van der Waals surface area contributed by atoms with Gasteiger partial charge in [0.2, 0.25) is 5.91 Å². The summed E-state index contributed by atoms with van der Waals surface area (Å²) in [5.74, 6) is -0.748. The fourth-order valence-electron chi connectivity index (χ4n) is 2.53. The molecular weight excluding hydrogens is 268 g/mol. The summed E-state index contributed by atoms with van der Waals surface area (Å²) in [6.45, 7) is 3.75. The molecule has 1 fully saturated rings. The van der Waals surface area contributed by atoms with E-state index in [0.717, 1.165) is 25.7 Å². The van der Waals surface area contributed by atoms with E-state index in [0.29, 0.717) is 6.42 Å². The molecule has 0 aliphatic heterocycles. The van der Waals surface area contributed by atoms with Crippen molar-refractivity contribution in [3.63, 3.8) is 0 Å². The molecule has 3 unspecified atom stereocenters. The molecule has 19 heavy (non-hydrogen) atoms. The lowest BCUT2D eigenvalue weighted by Gasteiger charge is -2.37. The van der Waals surface area contributed by atoms with Crippen LogP contribution in [0.5, 0.6) is 0 Å². The normalized spacial score (nSPS) is 27.9. The van der Waals surface area contributed by atoms with Crippen LogP contribution in [0.4, 0.5) is 0 Å². The third-order valence-corrected chi connectivity index (χ3v) is 3.78. The standard InChI is InChI=1S/C13H24N2O3.ClH/c1-4-10(12(17)18-3)15-11(16)9-7-5-6-8-13(9,2)14;/h9-10H,4-8,14H2,1-3H3,(H,15,16);1H. The van der Waals surface area contributed by atoms with Crippen molar-refractivity contribution in [1.29, 1.82) is 0 Å². The number of ether oxygens (including phenoxy) is 1. The minimum Gasteiger partial charge on any atom is -0.467 e. The Labute approximate surface area is 121 Å². The number of nitrogens with two attached hydrogens (primary N) is 1.